The van der Waals surface area contributed by atoms with Crippen molar-refractivity contribution < 1.29 is 14.3 Å². The number of likely N-dealkylation sites (tertiary alicyclic amines) is 1. The minimum Gasteiger partial charge on any atom is -0.351 e. The molecule has 0 spiro atoms. The van der Waals surface area contributed by atoms with Crippen LogP contribution in [0, 0.1) is 0 Å². The normalized spacial score (nSPS) is 14.3. The van der Waals surface area contributed by atoms with Gasteiger partial charge in [0.1, 0.15) is 0 Å². The summed E-state index contributed by atoms with van der Waals surface area (Å²) in [6.07, 6.45) is 1.57. The van der Waals surface area contributed by atoms with Crippen LogP contribution in [0.15, 0.2) is 34.2 Å². The quantitative estimate of drug-likeness (QED) is 0.363. The lowest BCUT2D eigenvalue weighted by atomic mass is 10.2. The predicted molar refractivity (Wildman–Crippen MR) is 110 cm³/mol. The Balaban J connectivity index is 1.89. The van der Waals surface area contributed by atoms with Gasteiger partial charge in [-0.1, -0.05) is 23.9 Å². The molecule has 0 bridgehead atoms. The molecular formula is C20H27N3O4S. The number of aromatic nitrogens is 2. The number of carbonyl (C=O) groups excluding carboxylic acids is 1. The third-order valence-corrected chi connectivity index (χ3v) is 5.61. The standard InChI is InChI=1S/C20H27N3O4S/c1-3-26-18(27-4-2)13-23-19(25)15-9-5-6-10-16(15)21-20(23)28-14-17(24)22-11-7-8-12-22/h5-6,9-10,18H,3-4,7-8,11-14H2,1-2H3. The Labute approximate surface area is 169 Å². The molecule has 1 aromatic heterocycles. The molecule has 1 aromatic carbocycles. The zero-order chi connectivity index (χ0) is 19.9. The number of hydrogen-bond acceptors (Lipinski definition) is 6. The van der Waals surface area contributed by atoms with E-state index >= 15 is 0 Å². The van der Waals surface area contributed by atoms with Crippen LogP contribution in [0.5, 0.6) is 0 Å². The van der Waals surface area contributed by atoms with Crippen molar-refractivity contribution in [2.75, 3.05) is 32.1 Å². The molecule has 2 heterocycles. The van der Waals surface area contributed by atoms with Crippen LogP contribution in [-0.2, 0) is 20.8 Å². The molecule has 1 amide bonds. The Kier molecular flexibility index (Phi) is 7.47. The molecule has 0 unspecified atom stereocenters. The average Bonchev–Trinajstić information content (AvgIpc) is 3.24. The first-order valence-corrected chi connectivity index (χ1v) is 10.8. The highest BCUT2D eigenvalue weighted by atomic mass is 32.2. The summed E-state index contributed by atoms with van der Waals surface area (Å²) in [5, 5.41) is 1.06. The summed E-state index contributed by atoms with van der Waals surface area (Å²) in [6.45, 7) is 6.60. The molecule has 2 aromatic rings. The van der Waals surface area contributed by atoms with Gasteiger partial charge in [-0.2, -0.15) is 0 Å². The molecule has 7 nitrogen and oxygen atoms in total. The summed E-state index contributed by atoms with van der Waals surface area (Å²) < 4.78 is 12.8. The third kappa shape index (κ3) is 4.92. The van der Waals surface area contributed by atoms with E-state index in [1.165, 1.54) is 11.8 Å². The van der Waals surface area contributed by atoms with E-state index in [0.29, 0.717) is 29.3 Å². The highest BCUT2D eigenvalue weighted by molar-refractivity contribution is 7.99. The van der Waals surface area contributed by atoms with Crippen LogP contribution >= 0.6 is 11.8 Å². The maximum absolute atomic E-state index is 13.1. The van der Waals surface area contributed by atoms with Gasteiger partial charge in [-0.15, -0.1) is 0 Å². The van der Waals surface area contributed by atoms with Crippen LogP contribution in [0.1, 0.15) is 26.7 Å². The number of ether oxygens (including phenoxy) is 2. The zero-order valence-electron chi connectivity index (χ0n) is 16.4. The van der Waals surface area contributed by atoms with E-state index in [1.807, 2.05) is 36.9 Å². The number of para-hydroxylation sites is 1. The third-order valence-electron chi connectivity index (χ3n) is 4.65. The second kappa shape index (κ2) is 10.0. The van der Waals surface area contributed by atoms with Gasteiger partial charge >= 0.3 is 0 Å². The zero-order valence-corrected chi connectivity index (χ0v) is 17.2. The predicted octanol–water partition coefficient (Wildman–Crippen LogP) is 2.51. The Hall–Kier alpha value is -1.90. The number of rotatable bonds is 9. The summed E-state index contributed by atoms with van der Waals surface area (Å²) in [5.41, 5.74) is 0.482. The first-order valence-electron chi connectivity index (χ1n) is 9.77. The molecule has 0 atom stereocenters. The van der Waals surface area contributed by atoms with E-state index in [4.69, 9.17) is 9.47 Å². The fourth-order valence-electron chi connectivity index (χ4n) is 3.28. The lowest BCUT2D eigenvalue weighted by molar-refractivity contribution is -0.144. The number of benzene rings is 1. The van der Waals surface area contributed by atoms with Gasteiger partial charge in [-0.3, -0.25) is 14.2 Å². The van der Waals surface area contributed by atoms with Crippen LogP contribution in [0.25, 0.3) is 10.9 Å². The number of nitrogens with zero attached hydrogens (tertiary/aromatic N) is 3. The molecule has 152 valence electrons. The molecule has 28 heavy (non-hydrogen) atoms. The van der Waals surface area contributed by atoms with E-state index in [2.05, 4.69) is 4.98 Å². The molecule has 1 aliphatic rings. The van der Waals surface area contributed by atoms with Crippen LogP contribution in [0.2, 0.25) is 0 Å². The molecule has 0 N–H and O–H groups in total. The van der Waals surface area contributed by atoms with Gasteiger partial charge in [0.25, 0.3) is 5.56 Å². The number of fused-ring (bicyclic) bond motifs is 1. The molecule has 1 fully saturated rings. The van der Waals surface area contributed by atoms with Gasteiger partial charge in [0, 0.05) is 26.3 Å². The van der Waals surface area contributed by atoms with E-state index < -0.39 is 6.29 Å². The molecule has 0 aliphatic carbocycles. The van der Waals surface area contributed by atoms with Gasteiger partial charge in [0.15, 0.2) is 11.4 Å². The summed E-state index contributed by atoms with van der Waals surface area (Å²) in [7, 11) is 0. The van der Waals surface area contributed by atoms with E-state index in [1.54, 1.807) is 10.6 Å². The second-order valence-corrected chi connectivity index (χ2v) is 7.49. The molecular weight excluding hydrogens is 378 g/mol. The number of hydrogen-bond donors (Lipinski definition) is 0. The average molecular weight is 406 g/mol. The topological polar surface area (TPSA) is 73.7 Å². The van der Waals surface area contributed by atoms with E-state index in [-0.39, 0.29) is 23.8 Å². The van der Waals surface area contributed by atoms with Crippen LogP contribution in [0.4, 0.5) is 0 Å². The van der Waals surface area contributed by atoms with Gasteiger partial charge in [-0.05, 0) is 38.8 Å². The Bertz CT molecular complexity index is 858. The van der Waals surface area contributed by atoms with Crippen LogP contribution in [0.3, 0.4) is 0 Å². The highest BCUT2D eigenvalue weighted by Crippen LogP contribution is 2.20. The lowest BCUT2D eigenvalue weighted by Crippen LogP contribution is -2.33. The van der Waals surface area contributed by atoms with Crippen LogP contribution in [-0.4, -0.2) is 58.7 Å². The molecule has 1 saturated heterocycles. The van der Waals surface area contributed by atoms with Crippen molar-refractivity contribution in [2.24, 2.45) is 0 Å². The molecule has 3 rings (SSSR count). The summed E-state index contributed by atoms with van der Waals surface area (Å²) in [6, 6.07) is 7.26. The van der Waals surface area contributed by atoms with Crippen molar-refractivity contribution >= 4 is 28.6 Å². The largest absolute Gasteiger partial charge is 0.351 e. The monoisotopic (exact) mass is 405 g/mol. The SMILES string of the molecule is CCOC(Cn1c(SCC(=O)N2CCCC2)nc2ccccc2c1=O)OCC. The van der Waals surface area contributed by atoms with Crippen molar-refractivity contribution in [3.63, 3.8) is 0 Å². The number of thioether (sulfide) groups is 1. The first-order chi connectivity index (χ1) is 13.6. The van der Waals surface area contributed by atoms with Gasteiger partial charge in [0.05, 0.1) is 23.2 Å². The van der Waals surface area contributed by atoms with Crippen LogP contribution < -0.4 is 5.56 Å². The van der Waals surface area contributed by atoms with E-state index in [0.717, 1.165) is 25.9 Å². The number of amides is 1. The maximum atomic E-state index is 13.1. The van der Waals surface area contributed by atoms with Gasteiger partial charge < -0.3 is 14.4 Å². The summed E-state index contributed by atoms with van der Waals surface area (Å²) >= 11 is 1.30. The molecule has 8 heteroatoms. The molecule has 1 aliphatic heterocycles. The first kappa shape index (κ1) is 20.8. The van der Waals surface area contributed by atoms with Crippen molar-refractivity contribution in [1.29, 1.82) is 0 Å². The van der Waals surface area contributed by atoms with Crippen molar-refractivity contribution in [3.05, 3.63) is 34.6 Å². The van der Waals surface area contributed by atoms with Crippen molar-refractivity contribution in [3.8, 4) is 0 Å². The minimum atomic E-state index is -0.538. The Morgan fingerprint density at radius 3 is 2.54 bits per heavy atom. The summed E-state index contributed by atoms with van der Waals surface area (Å²) in [4.78, 5) is 32.1. The fourth-order valence-corrected chi connectivity index (χ4v) is 4.19. The second-order valence-electron chi connectivity index (χ2n) is 6.54. The van der Waals surface area contributed by atoms with Crippen molar-refractivity contribution in [2.45, 2.75) is 44.7 Å². The number of carbonyl (C=O) groups is 1. The Morgan fingerprint density at radius 1 is 1.18 bits per heavy atom. The Morgan fingerprint density at radius 2 is 1.86 bits per heavy atom. The molecule has 0 saturated carbocycles. The fraction of sp³-hybridized carbons (Fsp3) is 0.550. The molecule has 0 radical (unpaired) electrons. The smallest absolute Gasteiger partial charge is 0.262 e. The van der Waals surface area contributed by atoms with E-state index in [9.17, 15) is 9.59 Å². The summed E-state index contributed by atoms with van der Waals surface area (Å²) in [5.74, 6) is 0.348. The van der Waals surface area contributed by atoms with Gasteiger partial charge in [0.2, 0.25) is 5.91 Å². The highest BCUT2D eigenvalue weighted by Gasteiger charge is 2.21. The van der Waals surface area contributed by atoms with Crippen molar-refractivity contribution in [1.82, 2.24) is 14.5 Å². The van der Waals surface area contributed by atoms with Gasteiger partial charge in [-0.25, -0.2) is 4.98 Å². The minimum absolute atomic E-state index is 0.0858. The lowest BCUT2D eigenvalue weighted by Gasteiger charge is -2.21. The maximum Gasteiger partial charge on any atom is 0.262 e.